The first-order chi connectivity index (χ1) is 10.7. The van der Waals surface area contributed by atoms with Crippen LogP contribution in [0.2, 0.25) is 0 Å². The largest absolute Gasteiger partial charge is 0.355 e. The maximum absolute atomic E-state index is 12.6. The number of hydrogen-bond acceptors (Lipinski definition) is 3. The number of hydrogen-bond donors (Lipinski definition) is 2. The van der Waals surface area contributed by atoms with E-state index in [1.807, 2.05) is 11.3 Å². The van der Waals surface area contributed by atoms with Crippen molar-refractivity contribution >= 4 is 29.7 Å². The molecule has 1 aromatic heterocycles. The predicted octanol–water partition coefficient (Wildman–Crippen LogP) is 3.88. The first kappa shape index (κ1) is 18.8. The number of carbonyl (C=O) groups is 1. The second-order valence-electron chi connectivity index (χ2n) is 7.11. The lowest BCUT2D eigenvalue weighted by molar-refractivity contribution is -0.126. The summed E-state index contributed by atoms with van der Waals surface area (Å²) in [6.07, 6.45) is 8.30. The third-order valence-electron chi connectivity index (χ3n) is 5.45. The van der Waals surface area contributed by atoms with Gasteiger partial charge in [-0.05, 0) is 50.6 Å². The summed E-state index contributed by atoms with van der Waals surface area (Å²) in [4.78, 5) is 14.0. The second kappa shape index (κ2) is 8.50. The van der Waals surface area contributed by atoms with Crippen LogP contribution in [0.5, 0.6) is 0 Å². The lowest BCUT2D eigenvalue weighted by Gasteiger charge is -2.37. The van der Waals surface area contributed by atoms with E-state index in [4.69, 9.17) is 0 Å². The van der Waals surface area contributed by atoms with E-state index in [1.54, 1.807) is 0 Å². The lowest BCUT2D eigenvalue weighted by Crippen LogP contribution is -2.47. The van der Waals surface area contributed by atoms with Gasteiger partial charge in [-0.1, -0.05) is 25.3 Å². The summed E-state index contributed by atoms with van der Waals surface area (Å²) in [5.74, 6) is 0.468. The van der Waals surface area contributed by atoms with Crippen molar-refractivity contribution in [3.05, 3.63) is 22.4 Å². The first-order valence-corrected chi connectivity index (χ1v) is 9.63. The van der Waals surface area contributed by atoms with Gasteiger partial charge in [-0.3, -0.25) is 4.79 Å². The molecule has 0 spiro atoms. The molecule has 23 heavy (non-hydrogen) atoms. The molecule has 2 atom stereocenters. The van der Waals surface area contributed by atoms with Gasteiger partial charge in [0.05, 0.1) is 0 Å². The molecule has 1 aliphatic heterocycles. The van der Waals surface area contributed by atoms with Gasteiger partial charge in [0.2, 0.25) is 5.91 Å². The van der Waals surface area contributed by atoms with Crippen LogP contribution in [-0.4, -0.2) is 25.0 Å². The van der Waals surface area contributed by atoms with Gasteiger partial charge in [0.1, 0.15) is 0 Å². The fourth-order valence-corrected chi connectivity index (χ4v) is 5.08. The van der Waals surface area contributed by atoms with Gasteiger partial charge in [-0.15, -0.1) is 23.7 Å². The molecular formula is C18H29ClN2OS. The SMILES string of the molecule is C[C@H]1C[C@@H](C(=O)NCC2(c3cccs3)CCCCC2)CCN1.Cl. The van der Waals surface area contributed by atoms with Crippen LogP contribution in [0.25, 0.3) is 0 Å². The van der Waals surface area contributed by atoms with E-state index >= 15 is 0 Å². The zero-order valence-electron chi connectivity index (χ0n) is 14.0. The minimum atomic E-state index is 0. The van der Waals surface area contributed by atoms with Crippen molar-refractivity contribution in [2.45, 2.75) is 63.3 Å². The minimum Gasteiger partial charge on any atom is -0.355 e. The number of nitrogens with one attached hydrogen (secondary N) is 2. The Hall–Kier alpha value is -0.580. The summed E-state index contributed by atoms with van der Waals surface area (Å²) < 4.78 is 0. The highest BCUT2D eigenvalue weighted by Crippen LogP contribution is 2.41. The summed E-state index contributed by atoms with van der Waals surface area (Å²) >= 11 is 1.85. The van der Waals surface area contributed by atoms with Crippen molar-refractivity contribution in [3.8, 4) is 0 Å². The molecule has 2 N–H and O–H groups in total. The highest BCUT2D eigenvalue weighted by Gasteiger charge is 2.36. The van der Waals surface area contributed by atoms with Gasteiger partial charge in [0, 0.05) is 28.8 Å². The number of carbonyl (C=O) groups excluding carboxylic acids is 1. The van der Waals surface area contributed by atoms with E-state index in [0.29, 0.717) is 6.04 Å². The van der Waals surface area contributed by atoms with Crippen molar-refractivity contribution in [1.29, 1.82) is 0 Å². The topological polar surface area (TPSA) is 41.1 Å². The highest BCUT2D eigenvalue weighted by atomic mass is 35.5. The fraction of sp³-hybridized carbons (Fsp3) is 0.722. The number of piperidine rings is 1. The summed E-state index contributed by atoms with van der Waals surface area (Å²) in [6, 6.07) is 4.87. The molecule has 1 amide bonds. The molecule has 0 aromatic carbocycles. The van der Waals surface area contributed by atoms with Crippen LogP contribution in [0.1, 0.15) is 56.7 Å². The maximum Gasteiger partial charge on any atom is 0.223 e. The Morgan fingerprint density at radius 1 is 1.39 bits per heavy atom. The molecule has 2 aliphatic rings. The Labute approximate surface area is 150 Å². The molecule has 3 rings (SSSR count). The van der Waals surface area contributed by atoms with Crippen LogP contribution in [0.4, 0.5) is 0 Å². The third kappa shape index (κ3) is 4.49. The van der Waals surface area contributed by atoms with E-state index in [-0.39, 0.29) is 29.6 Å². The lowest BCUT2D eigenvalue weighted by atomic mass is 9.73. The molecule has 5 heteroatoms. The molecule has 0 unspecified atom stereocenters. The predicted molar refractivity (Wildman–Crippen MR) is 99.5 cm³/mol. The van der Waals surface area contributed by atoms with Gasteiger partial charge >= 0.3 is 0 Å². The maximum atomic E-state index is 12.6. The van der Waals surface area contributed by atoms with E-state index in [2.05, 4.69) is 35.1 Å². The van der Waals surface area contributed by atoms with Crippen molar-refractivity contribution in [2.24, 2.45) is 5.92 Å². The van der Waals surface area contributed by atoms with Crippen LogP contribution in [0, 0.1) is 5.92 Å². The van der Waals surface area contributed by atoms with Crippen molar-refractivity contribution < 1.29 is 4.79 Å². The number of thiophene rings is 1. The fourth-order valence-electron chi connectivity index (χ4n) is 4.09. The average molecular weight is 357 g/mol. The smallest absolute Gasteiger partial charge is 0.223 e. The highest BCUT2D eigenvalue weighted by molar-refractivity contribution is 7.10. The second-order valence-corrected chi connectivity index (χ2v) is 8.06. The van der Waals surface area contributed by atoms with Crippen LogP contribution >= 0.6 is 23.7 Å². The van der Waals surface area contributed by atoms with Crippen molar-refractivity contribution in [2.75, 3.05) is 13.1 Å². The molecule has 1 saturated heterocycles. The summed E-state index contributed by atoms with van der Waals surface area (Å²) in [7, 11) is 0. The zero-order chi connectivity index (χ0) is 15.4. The van der Waals surface area contributed by atoms with E-state index in [9.17, 15) is 4.79 Å². The van der Waals surface area contributed by atoms with E-state index in [1.165, 1.54) is 37.0 Å². The van der Waals surface area contributed by atoms with Crippen LogP contribution in [-0.2, 0) is 10.2 Å². The van der Waals surface area contributed by atoms with Crippen molar-refractivity contribution in [1.82, 2.24) is 10.6 Å². The molecule has 2 fully saturated rings. The quantitative estimate of drug-likeness (QED) is 0.859. The molecule has 1 saturated carbocycles. The molecular weight excluding hydrogens is 328 g/mol. The minimum absolute atomic E-state index is 0. The van der Waals surface area contributed by atoms with Crippen molar-refractivity contribution in [3.63, 3.8) is 0 Å². The molecule has 3 nitrogen and oxygen atoms in total. The Kier molecular flexibility index (Phi) is 6.93. The van der Waals surface area contributed by atoms with Gasteiger partial charge < -0.3 is 10.6 Å². The average Bonchev–Trinajstić information content (AvgIpc) is 3.09. The zero-order valence-corrected chi connectivity index (χ0v) is 15.6. The molecule has 2 heterocycles. The summed E-state index contributed by atoms with van der Waals surface area (Å²) in [6.45, 7) is 3.97. The third-order valence-corrected chi connectivity index (χ3v) is 6.57. The normalized spacial score (nSPS) is 27.0. The Bertz CT molecular complexity index is 485. The van der Waals surface area contributed by atoms with E-state index in [0.717, 1.165) is 25.9 Å². The molecule has 0 bridgehead atoms. The number of amides is 1. The van der Waals surface area contributed by atoms with Crippen LogP contribution in [0.3, 0.4) is 0 Å². The molecule has 1 aromatic rings. The standard InChI is InChI=1S/C18H28N2OS.ClH/c1-14-12-15(7-10-19-14)17(21)20-13-18(8-3-2-4-9-18)16-6-5-11-22-16;/h5-6,11,14-15,19H,2-4,7-10,12-13H2,1H3,(H,20,21);1H/t14-,15-;/m0./s1. The van der Waals surface area contributed by atoms with Gasteiger partial charge in [0.15, 0.2) is 0 Å². The Morgan fingerprint density at radius 2 is 2.17 bits per heavy atom. The number of rotatable bonds is 4. The molecule has 1 aliphatic carbocycles. The number of halogens is 1. The Morgan fingerprint density at radius 3 is 2.83 bits per heavy atom. The monoisotopic (exact) mass is 356 g/mol. The van der Waals surface area contributed by atoms with Crippen LogP contribution < -0.4 is 10.6 Å². The Balaban J connectivity index is 0.00000192. The van der Waals surface area contributed by atoms with Gasteiger partial charge in [-0.25, -0.2) is 0 Å². The van der Waals surface area contributed by atoms with E-state index < -0.39 is 0 Å². The summed E-state index contributed by atoms with van der Waals surface area (Å²) in [5.41, 5.74) is 0.195. The van der Waals surface area contributed by atoms with Gasteiger partial charge in [-0.2, -0.15) is 0 Å². The first-order valence-electron chi connectivity index (χ1n) is 8.75. The molecule has 130 valence electrons. The summed E-state index contributed by atoms with van der Waals surface area (Å²) in [5, 5.41) is 8.90. The van der Waals surface area contributed by atoms with Crippen LogP contribution in [0.15, 0.2) is 17.5 Å². The van der Waals surface area contributed by atoms with Gasteiger partial charge in [0.25, 0.3) is 0 Å². The molecule has 0 radical (unpaired) electrons.